The Balaban J connectivity index is 2.44. The summed E-state index contributed by atoms with van der Waals surface area (Å²) in [6.07, 6.45) is 1.58. The Hall–Kier alpha value is -0.700. The molecular formula is C5H7NO2. The molecule has 0 bridgehead atoms. The Bertz CT molecular complexity index is 110. The fourth-order valence-corrected chi connectivity index (χ4v) is 0.741. The van der Waals surface area contributed by atoms with Gasteiger partial charge in [-0.25, -0.2) is 0 Å². The van der Waals surface area contributed by atoms with Crippen LogP contribution in [0.2, 0.25) is 0 Å². The number of nitrogens with zero attached hydrogens (tertiary/aromatic N) is 1. The van der Waals surface area contributed by atoms with Gasteiger partial charge < -0.3 is 9.59 Å². The van der Waals surface area contributed by atoms with Crippen LogP contribution in [0.1, 0.15) is 0 Å². The fourth-order valence-electron chi connectivity index (χ4n) is 0.741. The Morgan fingerprint density at radius 1 is 1.25 bits per heavy atom. The summed E-state index contributed by atoms with van der Waals surface area (Å²) in [5, 5.41) is 0. The van der Waals surface area contributed by atoms with E-state index in [1.165, 1.54) is 0 Å². The normalized spacial score (nSPS) is 43.4. The lowest BCUT2D eigenvalue weighted by Crippen LogP contribution is -1.93. The van der Waals surface area contributed by atoms with Crippen LogP contribution in [-0.2, 0) is 9.59 Å². The maximum Gasteiger partial charge on any atom is 0.139 e. The van der Waals surface area contributed by atoms with E-state index in [1.54, 1.807) is 11.9 Å². The molecule has 0 aromatic carbocycles. The fraction of sp³-hybridized carbons (Fsp3) is 0.600. The first-order valence-electron chi connectivity index (χ1n) is 2.44. The lowest BCUT2D eigenvalue weighted by Gasteiger charge is -1.76. The lowest BCUT2D eigenvalue weighted by molar-refractivity contribution is -0.110. The van der Waals surface area contributed by atoms with Crippen LogP contribution in [0.15, 0.2) is 0 Å². The monoisotopic (exact) mass is 113 g/mol. The summed E-state index contributed by atoms with van der Waals surface area (Å²) in [6.45, 7) is 0. The third-order valence-electron chi connectivity index (χ3n) is 1.48. The highest BCUT2D eigenvalue weighted by atomic mass is 16.1. The second-order valence-electron chi connectivity index (χ2n) is 1.92. The molecule has 2 unspecified atom stereocenters. The zero-order valence-electron chi connectivity index (χ0n) is 4.57. The molecule has 8 heavy (non-hydrogen) atoms. The Labute approximate surface area is 47.3 Å². The molecule has 0 aliphatic carbocycles. The molecule has 1 rings (SSSR count). The molecular weight excluding hydrogens is 106 g/mol. The van der Waals surface area contributed by atoms with E-state index in [0.717, 1.165) is 12.6 Å². The zero-order valence-corrected chi connectivity index (χ0v) is 4.57. The van der Waals surface area contributed by atoms with Crippen molar-refractivity contribution in [1.82, 2.24) is 4.90 Å². The number of carbonyl (C=O) groups is 2. The van der Waals surface area contributed by atoms with E-state index in [4.69, 9.17) is 0 Å². The van der Waals surface area contributed by atoms with Gasteiger partial charge in [0.2, 0.25) is 0 Å². The number of aldehydes is 2. The van der Waals surface area contributed by atoms with Gasteiger partial charge in [-0.15, -0.1) is 0 Å². The standard InChI is InChI=1S/C5H7NO2/c1-6-4(2-7)5(6)3-8/h2-5H,1H3. The summed E-state index contributed by atoms with van der Waals surface area (Å²) in [7, 11) is 1.75. The SMILES string of the molecule is CN1C(C=O)C1C=O. The van der Waals surface area contributed by atoms with Crippen LogP contribution in [0.5, 0.6) is 0 Å². The van der Waals surface area contributed by atoms with Crippen molar-refractivity contribution in [2.24, 2.45) is 0 Å². The topological polar surface area (TPSA) is 37.1 Å². The molecule has 44 valence electrons. The second kappa shape index (κ2) is 1.67. The number of hydrogen-bond acceptors (Lipinski definition) is 3. The van der Waals surface area contributed by atoms with E-state index in [-0.39, 0.29) is 12.1 Å². The van der Waals surface area contributed by atoms with Gasteiger partial charge in [-0.1, -0.05) is 0 Å². The van der Waals surface area contributed by atoms with Crippen LogP contribution in [0.4, 0.5) is 0 Å². The summed E-state index contributed by atoms with van der Waals surface area (Å²) in [4.78, 5) is 21.6. The summed E-state index contributed by atoms with van der Waals surface area (Å²) < 4.78 is 0. The molecule has 0 aromatic rings. The molecule has 0 amide bonds. The first kappa shape index (κ1) is 5.44. The molecule has 0 N–H and O–H groups in total. The molecule has 0 radical (unpaired) electrons. The van der Waals surface area contributed by atoms with E-state index < -0.39 is 0 Å². The molecule has 1 saturated heterocycles. The molecule has 3 nitrogen and oxygen atoms in total. The van der Waals surface area contributed by atoms with E-state index in [9.17, 15) is 9.59 Å². The summed E-state index contributed by atoms with van der Waals surface area (Å²) in [5.41, 5.74) is 0. The number of likely N-dealkylation sites (N-methyl/N-ethyl adjacent to an activating group) is 1. The van der Waals surface area contributed by atoms with Crippen molar-refractivity contribution in [1.29, 1.82) is 0 Å². The van der Waals surface area contributed by atoms with E-state index in [2.05, 4.69) is 0 Å². The van der Waals surface area contributed by atoms with Crippen LogP contribution in [0, 0.1) is 0 Å². The quantitative estimate of drug-likeness (QED) is 0.343. The highest BCUT2D eigenvalue weighted by Gasteiger charge is 2.43. The van der Waals surface area contributed by atoms with Crippen LogP contribution in [0.3, 0.4) is 0 Å². The second-order valence-corrected chi connectivity index (χ2v) is 1.92. The Morgan fingerprint density at radius 2 is 1.62 bits per heavy atom. The van der Waals surface area contributed by atoms with Gasteiger partial charge in [-0.2, -0.15) is 0 Å². The lowest BCUT2D eigenvalue weighted by atomic mass is 10.4. The van der Waals surface area contributed by atoms with E-state index >= 15 is 0 Å². The summed E-state index contributed by atoms with van der Waals surface area (Å²) in [6, 6.07) is -0.264. The third-order valence-corrected chi connectivity index (χ3v) is 1.48. The number of rotatable bonds is 2. The van der Waals surface area contributed by atoms with Gasteiger partial charge in [-0.3, -0.25) is 4.90 Å². The van der Waals surface area contributed by atoms with E-state index in [0.29, 0.717) is 0 Å². The minimum absolute atomic E-state index is 0.132. The van der Waals surface area contributed by atoms with Crippen molar-refractivity contribution >= 4 is 12.6 Å². The summed E-state index contributed by atoms with van der Waals surface area (Å²) in [5.74, 6) is 0. The van der Waals surface area contributed by atoms with Gasteiger partial charge in [0.25, 0.3) is 0 Å². The molecule has 3 heteroatoms. The predicted molar refractivity (Wildman–Crippen MR) is 27.5 cm³/mol. The van der Waals surface area contributed by atoms with Crippen molar-refractivity contribution in [3.8, 4) is 0 Å². The molecule has 0 aromatic heterocycles. The predicted octanol–water partition coefficient (Wildman–Crippen LogP) is -0.933. The van der Waals surface area contributed by atoms with Gasteiger partial charge >= 0.3 is 0 Å². The van der Waals surface area contributed by atoms with Gasteiger partial charge in [0.15, 0.2) is 0 Å². The summed E-state index contributed by atoms with van der Waals surface area (Å²) >= 11 is 0. The number of carbonyl (C=O) groups excluding carboxylic acids is 2. The van der Waals surface area contributed by atoms with Gasteiger partial charge in [0.05, 0.1) is 12.1 Å². The minimum atomic E-state index is -0.132. The van der Waals surface area contributed by atoms with Gasteiger partial charge in [0.1, 0.15) is 12.6 Å². The Morgan fingerprint density at radius 3 is 1.75 bits per heavy atom. The smallest absolute Gasteiger partial charge is 0.139 e. The third kappa shape index (κ3) is 0.554. The van der Waals surface area contributed by atoms with Crippen LogP contribution >= 0.6 is 0 Å². The molecule has 1 fully saturated rings. The minimum Gasteiger partial charge on any atom is -0.302 e. The average molecular weight is 113 g/mol. The number of hydrogen-bond donors (Lipinski definition) is 0. The first-order chi connectivity index (χ1) is 3.81. The largest absolute Gasteiger partial charge is 0.302 e. The maximum atomic E-state index is 9.95. The first-order valence-corrected chi connectivity index (χ1v) is 2.44. The molecule has 2 atom stereocenters. The maximum absolute atomic E-state index is 9.95. The van der Waals surface area contributed by atoms with Crippen LogP contribution in [-0.4, -0.2) is 36.6 Å². The molecule has 1 aliphatic heterocycles. The van der Waals surface area contributed by atoms with Crippen molar-refractivity contribution in [3.05, 3.63) is 0 Å². The van der Waals surface area contributed by atoms with Gasteiger partial charge in [-0.05, 0) is 7.05 Å². The average Bonchev–Trinajstić information content (AvgIpc) is 2.40. The van der Waals surface area contributed by atoms with Crippen molar-refractivity contribution in [2.75, 3.05) is 7.05 Å². The van der Waals surface area contributed by atoms with E-state index in [1.807, 2.05) is 0 Å². The van der Waals surface area contributed by atoms with Crippen molar-refractivity contribution < 1.29 is 9.59 Å². The van der Waals surface area contributed by atoms with Crippen molar-refractivity contribution in [2.45, 2.75) is 12.1 Å². The highest BCUT2D eigenvalue weighted by molar-refractivity contribution is 5.77. The molecule has 1 aliphatic rings. The zero-order chi connectivity index (χ0) is 6.15. The Kier molecular flexibility index (Phi) is 1.13. The molecule has 0 spiro atoms. The van der Waals surface area contributed by atoms with Crippen LogP contribution in [0.25, 0.3) is 0 Å². The van der Waals surface area contributed by atoms with Gasteiger partial charge in [0, 0.05) is 0 Å². The van der Waals surface area contributed by atoms with Crippen molar-refractivity contribution in [3.63, 3.8) is 0 Å². The molecule has 1 heterocycles. The highest BCUT2D eigenvalue weighted by Crippen LogP contribution is 2.20. The van der Waals surface area contributed by atoms with Crippen LogP contribution < -0.4 is 0 Å². The molecule has 0 saturated carbocycles.